The van der Waals surface area contributed by atoms with E-state index in [4.69, 9.17) is 9.47 Å². The monoisotopic (exact) mass is 299 g/mol. The number of anilines is 1. The highest BCUT2D eigenvalue weighted by atomic mass is 16.5. The minimum atomic E-state index is -0.133. The molecule has 2 rings (SSSR count). The van der Waals surface area contributed by atoms with Gasteiger partial charge in [-0.1, -0.05) is 24.3 Å². The van der Waals surface area contributed by atoms with E-state index in [2.05, 4.69) is 0 Å². The number of amides is 1. The molecule has 1 amide bonds. The summed E-state index contributed by atoms with van der Waals surface area (Å²) in [6.07, 6.45) is 0. The standard InChI is InChI=1S/C18H21NO3/c1-5-19(14-10-7-6-9-13(14)2)18(20)17-15(21-3)11-8-12-16(17)22-4/h6-12H,5H2,1-4H3. The maximum absolute atomic E-state index is 13.1. The molecular weight excluding hydrogens is 278 g/mol. The number of hydrogen-bond donors (Lipinski definition) is 0. The number of hydrogen-bond acceptors (Lipinski definition) is 3. The molecule has 0 spiro atoms. The SMILES string of the molecule is CCN(C(=O)c1c(OC)cccc1OC)c1ccccc1C. The molecule has 0 saturated carbocycles. The van der Waals surface area contributed by atoms with Crippen LogP contribution in [0.3, 0.4) is 0 Å². The first-order chi connectivity index (χ1) is 10.6. The summed E-state index contributed by atoms with van der Waals surface area (Å²) in [4.78, 5) is 14.8. The molecule has 116 valence electrons. The number of benzene rings is 2. The van der Waals surface area contributed by atoms with E-state index in [1.54, 1.807) is 37.3 Å². The van der Waals surface area contributed by atoms with E-state index in [1.165, 1.54) is 0 Å². The van der Waals surface area contributed by atoms with Gasteiger partial charge in [0.25, 0.3) is 5.91 Å². The van der Waals surface area contributed by atoms with Crippen LogP contribution in [0.25, 0.3) is 0 Å². The van der Waals surface area contributed by atoms with E-state index in [0.717, 1.165) is 11.3 Å². The minimum Gasteiger partial charge on any atom is -0.496 e. The highest BCUT2D eigenvalue weighted by molar-refractivity contribution is 6.10. The van der Waals surface area contributed by atoms with Crippen LogP contribution in [0.4, 0.5) is 5.69 Å². The molecule has 0 heterocycles. The Hall–Kier alpha value is -2.49. The van der Waals surface area contributed by atoms with E-state index in [1.807, 2.05) is 38.1 Å². The third-order valence-electron chi connectivity index (χ3n) is 3.61. The van der Waals surface area contributed by atoms with Gasteiger partial charge in [-0.15, -0.1) is 0 Å². The Balaban J connectivity index is 2.52. The molecular formula is C18H21NO3. The molecule has 0 aliphatic rings. The summed E-state index contributed by atoms with van der Waals surface area (Å²) in [5.41, 5.74) is 2.38. The Morgan fingerprint density at radius 2 is 1.59 bits per heavy atom. The van der Waals surface area contributed by atoms with Crippen molar-refractivity contribution >= 4 is 11.6 Å². The van der Waals surface area contributed by atoms with Crippen molar-refractivity contribution in [2.75, 3.05) is 25.7 Å². The third kappa shape index (κ3) is 2.91. The zero-order chi connectivity index (χ0) is 16.1. The van der Waals surface area contributed by atoms with Crippen LogP contribution in [0.2, 0.25) is 0 Å². The molecule has 0 aromatic heterocycles. The van der Waals surface area contributed by atoms with Gasteiger partial charge in [-0.2, -0.15) is 0 Å². The van der Waals surface area contributed by atoms with E-state index >= 15 is 0 Å². The number of aryl methyl sites for hydroxylation is 1. The van der Waals surface area contributed by atoms with Crippen LogP contribution in [-0.4, -0.2) is 26.7 Å². The van der Waals surface area contributed by atoms with Gasteiger partial charge in [0.15, 0.2) is 0 Å². The van der Waals surface area contributed by atoms with Crippen molar-refractivity contribution in [1.29, 1.82) is 0 Å². The molecule has 0 radical (unpaired) electrons. The number of carbonyl (C=O) groups excluding carboxylic acids is 1. The van der Waals surface area contributed by atoms with Crippen molar-refractivity contribution in [1.82, 2.24) is 0 Å². The van der Waals surface area contributed by atoms with E-state index < -0.39 is 0 Å². The maximum atomic E-state index is 13.1. The molecule has 2 aromatic rings. The molecule has 0 bridgehead atoms. The zero-order valence-electron chi connectivity index (χ0n) is 13.4. The van der Waals surface area contributed by atoms with Crippen molar-refractivity contribution in [2.45, 2.75) is 13.8 Å². The van der Waals surface area contributed by atoms with Crippen LogP contribution in [0.15, 0.2) is 42.5 Å². The summed E-state index contributed by atoms with van der Waals surface area (Å²) in [7, 11) is 3.10. The van der Waals surface area contributed by atoms with Gasteiger partial charge >= 0.3 is 0 Å². The van der Waals surface area contributed by atoms with Gasteiger partial charge in [0.05, 0.1) is 14.2 Å². The number of methoxy groups -OCH3 is 2. The number of nitrogens with zero attached hydrogens (tertiary/aromatic N) is 1. The summed E-state index contributed by atoms with van der Waals surface area (Å²) in [5.74, 6) is 0.888. The first-order valence-corrected chi connectivity index (χ1v) is 7.22. The molecule has 0 fully saturated rings. The molecule has 0 unspecified atom stereocenters. The van der Waals surface area contributed by atoms with Crippen LogP contribution >= 0.6 is 0 Å². The summed E-state index contributed by atoms with van der Waals surface area (Å²) in [5, 5.41) is 0. The average Bonchev–Trinajstić information content (AvgIpc) is 2.56. The second-order valence-corrected chi connectivity index (χ2v) is 4.87. The van der Waals surface area contributed by atoms with Gasteiger partial charge in [-0.3, -0.25) is 4.79 Å². The zero-order valence-corrected chi connectivity index (χ0v) is 13.4. The van der Waals surface area contributed by atoms with Crippen LogP contribution < -0.4 is 14.4 Å². The van der Waals surface area contributed by atoms with Gasteiger partial charge in [-0.05, 0) is 37.6 Å². The van der Waals surface area contributed by atoms with Gasteiger partial charge in [0.1, 0.15) is 17.1 Å². The van der Waals surface area contributed by atoms with Gasteiger partial charge in [-0.25, -0.2) is 0 Å². The van der Waals surface area contributed by atoms with E-state index in [9.17, 15) is 4.79 Å². The Kier molecular flexibility index (Phi) is 5.04. The molecule has 4 nitrogen and oxygen atoms in total. The second kappa shape index (κ2) is 6.98. The average molecular weight is 299 g/mol. The molecule has 0 saturated heterocycles. The van der Waals surface area contributed by atoms with E-state index in [0.29, 0.717) is 23.6 Å². The Morgan fingerprint density at radius 1 is 1.00 bits per heavy atom. The summed E-state index contributed by atoms with van der Waals surface area (Å²) < 4.78 is 10.7. The first kappa shape index (κ1) is 15.9. The lowest BCUT2D eigenvalue weighted by Gasteiger charge is -2.24. The smallest absolute Gasteiger partial charge is 0.265 e. The van der Waals surface area contributed by atoms with Crippen LogP contribution in [0, 0.1) is 6.92 Å². The summed E-state index contributed by atoms with van der Waals surface area (Å²) >= 11 is 0. The van der Waals surface area contributed by atoms with E-state index in [-0.39, 0.29) is 5.91 Å². The Morgan fingerprint density at radius 3 is 2.09 bits per heavy atom. The highest BCUT2D eigenvalue weighted by Gasteiger charge is 2.24. The minimum absolute atomic E-state index is 0.133. The molecule has 0 aliphatic carbocycles. The topological polar surface area (TPSA) is 38.8 Å². The largest absolute Gasteiger partial charge is 0.496 e. The molecule has 0 aliphatic heterocycles. The fourth-order valence-electron chi connectivity index (χ4n) is 2.49. The lowest BCUT2D eigenvalue weighted by molar-refractivity contribution is 0.0982. The van der Waals surface area contributed by atoms with Crippen molar-refractivity contribution < 1.29 is 14.3 Å². The maximum Gasteiger partial charge on any atom is 0.265 e. The van der Waals surface area contributed by atoms with Crippen LogP contribution in [0.5, 0.6) is 11.5 Å². The predicted molar refractivity (Wildman–Crippen MR) is 88.1 cm³/mol. The molecule has 2 aromatic carbocycles. The van der Waals surface area contributed by atoms with Gasteiger partial charge in [0.2, 0.25) is 0 Å². The van der Waals surface area contributed by atoms with Crippen molar-refractivity contribution in [3.63, 3.8) is 0 Å². The lowest BCUT2D eigenvalue weighted by Crippen LogP contribution is -2.31. The molecule has 4 heteroatoms. The normalized spacial score (nSPS) is 10.2. The van der Waals surface area contributed by atoms with Crippen molar-refractivity contribution in [2.24, 2.45) is 0 Å². The Labute approximate surface area is 131 Å². The molecule has 22 heavy (non-hydrogen) atoms. The third-order valence-corrected chi connectivity index (χ3v) is 3.61. The number of rotatable bonds is 5. The first-order valence-electron chi connectivity index (χ1n) is 7.22. The van der Waals surface area contributed by atoms with Gasteiger partial charge < -0.3 is 14.4 Å². The second-order valence-electron chi connectivity index (χ2n) is 4.87. The lowest BCUT2D eigenvalue weighted by atomic mass is 10.1. The number of ether oxygens (including phenoxy) is 2. The predicted octanol–water partition coefficient (Wildman–Crippen LogP) is 3.68. The quantitative estimate of drug-likeness (QED) is 0.845. The van der Waals surface area contributed by atoms with Crippen molar-refractivity contribution in [3.8, 4) is 11.5 Å². The van der Waals surface area contributed by atoms with Gasteiger partial charge in [0, 0.05) is 12.2 Å². The van der Waals surface area contributed by atoms with Crippen molar-refractivity contribution in [3.05, 3.63) is 53.6 Å². The fourth-order valence-corrected chi connectivity index (χ4v) is 2.49. The fraction of sp³-hybridized carbons (Fsp3) is 0.278. The highest BCUT2D eigenvalue weighted by Crippen LogP contribution is 2.31. The number of para-hydroxylation sites is 1. The van der Waals surface area contributed by atoms with Crippen LogP contribution in [-0.2, 0) is 0 Å². The Bertz CT molecular complexity index is 645. The molecule has 0 N–H and O–H groups in total. The summed E-state index contributed by atoms with van der Waals surface area (Å²) in [6, 6.07) is 13.2. The molecule has 0 atom stereocenters. The number of carbonyl (C=O) groups is 1. The summed E-state index contributed by atoms with van der Waals surface area (Å²) in [6.45, 7) is 4.50. The van der Waals surface area contributed by atoms with Crippen LogP contribution in [0.1, 0.15) is 22.8 Å².